The third-order valence-electron chi connectivity index (χ3n) is 9.86. The highest BCUT2D eigenvalue weighted by Gasteiger charge is 2.51. The first-order valence-corrected chi connectivity index (χ1v) is 14.7. The maximum absolute atomic E-state index is 10.6. The summed E-state index contributed by atoms with van der Waals surface area (Å²) in [5, 5.41) is 51.5. The van der Waals surface area contributed by atoms with Crippen molar-refractivity contribution < 1.29 is 25.5 Å². The molecule has 0 aliphatic heterocycles. The van der Waals surface area contributed by atoms with Crippen LogP contribution in [0.1, 0.15) is 112 Å². The van der Waals surface area contributed by atoms with Crippen molar-refractivity contribution in [2.24, 2.45) is 23.2 Å². The molecule has 3 saturated carbocycles. The number of aliphatic hydroxyl groups excluding tert-OH is 3. The maximum atomic E-state index is 10.6. The van der Waals surface area contributed by atoms with Crippen LogP contribution in [0.5, 0.6) is 0 Å². The minimum Gasteiger partial charge on any atom is -0.393 e. The van der Waals surface area contributed by atoms with Gasteiger partial charge in [-0.25, -0.2) is 0 Å². The van der Waals surface area contributed by atoms with Crippen LogP contribution in [0.15, 0.2) is 35.5 Å². The third kappa shape index (κ3) is 7.79. The minimum absolute atomic E-state index is 0.199. The lowest BCUT2D eigenvalue weighted by molar-refractivity contribution is -0.0563. The van der Waals surface area contributed by atoms with Crippen molar-refractivity contribution in [2.75, 3.05) is 0 Å². The van der Waals surface area contributed by atoms with E-state index < -0.39 is 29.5 Å². The molecular weight excluding hydrogens is 464 g/mol. The molecule has 3 aliphatic rings. The van der Waals surface area contributed by atoms with Crippen molar-refractivity contribution in [3.8, 4) is 0 Å². The summed E-state index contributed by atoms with van der Waals surface area (Å²) in [6, 6.07) is 0. The number of hydrogen-bond donors (Lipinski definition) is 5. The molecule has 0 aromatic heterocycles. The molecule has 0 spiro atoms. The van der Waals surface area contributed by atoms with Crippen molar-refractivity contribution in [2.45, 2.75) is 141 Å². The molecule has 0 aromatic carbocycles. The monoisotopic (exact) mass is 518 g/mol. The Kier molecular flexibility index (Phi) is 9.94. The summed E-state index contributed by atoms with van der Waals surface area (Å²) in [6.45, 7) is 13.7. The van der Waals surface area contributed by atoms with E-state index in [2.05, 4.69) is 25.7 Å². The van der Waals surface area contributed by atoms with Crippen LogP contribution in [0.4, 0.5) is 0 Å². The van der Waals surface area contributed by atoms with Crippen molar-refractivity contribution in [3.05, 3.63) is 35.5 Å². The van der Waals surface area contributed by atoms with E-state index in [0.717, 1.165) is 49.7 Å². The SMILES string of the molecule is C=C1C(=CC=C2CCC[C@@]3(C)C2CCC3[C@@H](CCCC(C)(C)O)CCC(O)C(C)(C)O)C[C@@H](O)C[C@@H]1O. The van der Waals surface area contributed by atoms with Crippen LogP contribution in [-0.4, -0.2) is 55.0 Å². The van der Waals surface area contributed by atoms with Crippen LogP contribution < -0.4 is 0 Å². The summed E-state index contributed by atoms with van der Waals surface area (Å²) >= 11 is 0. The van der Waals surface area contributed by atoms with Gasteiger partial charge < -0.3 is 25.5 Å². The van der Waals surface area contributed by atoms with E-state index in [4.69, 9.17) is 0 Å². The highest BCUT2D eigenvalue weighted by atomic mass is 16.3. The minimum atomic E-state index is -1.10. The number of hydrogen-bond acceptors (Lipinski definition) is 5. The lowest BCUT2D eigenvalue weighted by Crippen LogP contribution is -2.39. The van der Waals surface area contributed by atoms with E-state index >= 15 is 0 Å². The molecule has 0 amide bonds. The van der Waals surface area contributed by atoms with Gasteiger partial charge in [-0.1, -0.05) is 44.1 Å². The molecule has 0 radical (unpaired) electrons. The second-order valence-electron chi connectivity index (χ2n) is 13.9. The van der Waals surface area contributed by atoms with E-state index in [0.29, 0.717) is 37.0 Å². The fourth-order valence-corrected chi connectivity index (χ4v) is 7.59. The Bertz CT molecular complexity index is 844. The van der Waals surface area contributed by atoms with Gasteiger partial charge in [-0.3, -0.25) is 0 Å². The molecular formula is C32H54O5. The first kappa shape index (κ1) is 30.6. The zero-order chi connectivity index (χ0) is 27.6. The second-order valence-corrected chi connectivity index (χ2v) is 13.9. The van der Waals surface area contributed by atoms with E-state index in [1.54, 1.807) is 13.8 Å². The average molecular weight is 519 g/mol. The lowest BCUT2D eigenvalue weighted by Gasteiger charge is -2.45. The van der Waals surface area contributed by atoms with Crippen LogP contribution in [0, 0.1) is 23.2 Å². The van der Waals surface area contributed by atoms with E-state index in [1.807, 2.05) is 13.8 Å². The lowest BCUT2D eigenvalue weighted by atomic mass is 9.60. The smallest absolute Gasteiger partial charge is 0.0849 e. The van der Waals surface area contributed by atoms with Gasteiger partial charge in [0.25, 0.3) is 0 Å². The topological polar surface area (TPSA) is 101 Å². The van der Waals surface area contributed by atoms with Crippen molar-refractivity contribution >= 4 is 0 Å². The van der Waals surface area contributed by atoms with Crippen LogP contribution >= 0.6 is 0 Å². The largest absolute Gasteiger partial charge is 0.393 e. The first-order valence-electron chi connectivity index (χ1n) is 14.7. The molecule has 0 bridgehead atoms. The van der Waals surface area contributed by atoms with Crippen molar-refractivity contribution in [1.29, 1.82) is 0 Å². The third-order valence-corrected chi connectivity index (χ3v) is 9.86. The highest BCUT2D eigenvalue weighted by molar-refractivity contribution is 5.38. The number of allylic oxidation sites excluding steroid dienone is 3. The quantitative estimate of drug-likeness (QED) is 0.259. The Balaban J connectivity index is 1.79. The zero-order valence-corrected chi connectivity index (χ0v) is 24.0. The predicted molar refractivity (Wildman–Crippen MR) is 150 cm³/mol. The summed E-state index contributed by atoms with van der Waals surface area (Å²) < 4.78 is 0. The molecule has 0 heterocycles. The molecule has 3 aliphatic carbocycles. The number of aliphatic hydroxyl groups is 5. The Morgan fingerprint density at radius 1 is 1.05 bits per heavy atom. The highest BCUT2D eigenvalue weighted by Crippen LogP contribution is 2.60. The van der Waals surface area contributed by atoms with Crippen LogP contribution in [0.2, 0.25) is 0 Å². The Labute approximate surface area is 225 Å². The fraction of sp³-hybridized carbons (Fsp3) is 0.812. The van der Waals surface area contributed by atoms with Gasteiger partial charge in [-0.2, -0.15) is 0 Å². The molecule has 3 fully saturated rings. The molecule has 37 heavy (non-hydrogen) atoms. The molecule has 5 nitrogen and oxygen atoms in total. The van der Waals surface area contributed by atoms with Crippen LogP contribution in [0.3, 0.4) is 0 Å². The van der Waals surface area contributed by atoms with Crippen molar-refractivity contribution in [3.63, 3.8) is 0 Å². The Morgan fingerprint density at radius 3 is 2.41 bits per heavy atom. The zero-order valence-electron chi connectivity index (χ0n) is 24.0. The van der Waals surface area contributed by atoms with Gasteiger partial charge in [0.05, 0.1) is 29.5 Å². The van der Waals surface area contributed by atoms with Crippen LogP contribution in [0.25, 0.3) is 0 Å². The normalized spacial score (nSPS) is 35.1. The summed E-state index contributed by atoms with van der Waals surface area (Å²) in [7, 11) is 0. The van der Waals surface area contributed by atoms with Crippen LogP contribution in [-0.2, 0) is 0 Å². The van der Waals surface area contributed by atoms with E-state index in [9.17, 15) is 25.5 Å². The first-order chi connectivity index (χ1) is 17.1. The number of fused-ring (bicyclic) bond motifs is 1. The molecule has 5 heteroatoms. The summed E-state index contributed by atoms with van der Waals surface area (Å²) in [6.07, 6.45) is 13.4. The molecule has 5 N–H and O–H groups in total. The fourth-order valence-electron chi connectivity index (χ4n) is 7.59. The van der Waals surface area contributed by atoms with Gasteiger partial charge in [0.1, 0.15) is 0 Å². The summed E-state index contributed by atoms with van der Waals surface area (Å²) in [4.78, 5) is 0. The average Bonchev–Trinajstić information content (AvgIpc) is 3.13. The van der Waals surface area contributed by atoms with E-state index in [1.165, 1.54) is 24.8 Å². The maximum Gasteiger partial charge on any atom is 0.0849 e. The molecule has 3 rings (SSSR count). The number of rotatable bonds is 10. The second kappa shape index (κ2) is 12.0. The molecule has 3 unspecified atom stereocenters. The molecule has 0 aromatic rings. The summed E-state index contributed by atoms with van der Waals surface area (Å²) in [5.41, 5.74) is 1.62. The Hall–Kier alpha value is -0.980. The summed E-state index contributed by atoms with van der Waals surface area (Å²) in [5.74, 6) is 1.53. The molecule has 0 saturated heterocycles. The van der Waals surface area contributed by atoms with Gasteiger partial charge in [0.2, 0.25) is 0 Å². The predicted octanol–water partition coefficient (Wildman–Crippen LogP) is 5.60. The van der Waals surface area contributed by atoms with Gasteiger partial charge in [0.15, 0.2) is 0 Å². The van der Waals surface area contributed by atoms with E-state index in [-0.39, 0.29) is 5.41 Å². The Morgan fingerprint density at radius 2 is 1.76 bits per heavy atom. The molecule has 212 valence electrons. The van der Waals surface area contributed by atoms with Crippen molar-refractivity contribution in [1.82, 2.24) is 0 Å². The van der Waals surface area contributed by atoms with Gasteiger partial charge >= 0.3 is 0 Å². The molecule has 7 atom stereocenters. The van der Waals surface area contributed by atoms with Gasteiger partial charge in [-0.05, 0) is 120 Å². The standard InChI is InChI=1S/C32H54O5/c1-21-24(19-25(33)20-28(21)34)12-11-22-10-8-18-32(6)26(22)14-15-27(32)23(9-7-17-30(2,3)36)13-16-29(35)31(4,5)37/h11-12,23,25-29,33-37H,1,7-10,13-20H2,2-6H3/t23-,25+,26?,27?,28-,29?,32-/m0/s1. The van der Waals surface area contributed by atoms with Gasteiger partial charge in [-0.15, -0.1) is 0 Å². The van der Waals surface area contributed by atoms with Gasteiger partial charge in [0, 0.05) is 6.42 Å².